The van der Waals surface area contributed by atoms with Gasteiger partial charge < -0.3 is 19.2 Å². The van der Waals surface area contributed by atoms with Gasteiger partial charge in [-0.05, 0) is 31.4 Å². The van der Waals surface area contributed by atoms with Crippen molar-refractivity contribution in [3.8, 4) is 0 Å². The highest BCUT2D eigenvalue weighted by molar-refractivity contribution is 6.00. The van der Waals surface area contributed by atoms with E-state index in [1.54, 1.807) is 6.92 Å². The van der Waals surface area contributed by atoms with Gasteiger partial charge in [0.25, 0.3) is 0 Å². The van der Waals surface area contributed by atoms with Gasteiger partial charge in [0.15, 0.2) is 11.4 Å². The van der Waals surface area contributed by atoms with Crippen molar-refractivity contribution < 1.29 is 13.7 Å². The Labute approximate surface area is 157 Å². The van der Waals surface area contributed by atoms with Crippen LogP contribution in [-0.4, -0.2) is 34.2 Å². The molecule has 4 rings (SSSR count). The van der Waals surface area contributed by atoms with Crippen LogP contribution in [-0.2, 0) is 6.42 Å². The van der Waals surface area contributed by atoms with Crippen LogP contribution in [0.3, 0.4) is 0 Å². The van der Waals surface area contributed by atoms with Gasteiger partial charge in [-0.1, -0.05) is 24.2 Å². The van der Waals surface area contributed by atoms with Crippen molar-refractivity contribution in [3.05, 3.63) is 41.2 Å². The molecule has 142 valence electrons. The molecule has 3 aromatic rings. The van der Waals surface area contributed by atoms with Gasteiger partial charge in [0, 0.05) is 37.7 Å². The standard InChI is InChI=1S/C20H24N4O3/c1-4-17-12(2)15-8-5-9-16(18(15)26-17)22-20(25)24-10-6-7-14(11-24)19-21-13(3)27-23-19/h5,8-9,14H,4,6-7,10-11H2,1-3H3,(H,22,25)/t14-/m1/s1. The molecule has 1 saturated heterocycles. The molecule has 0 unspecified atom stereocenters. The van der Waals surface area contributed by atoms with Crippen LogP contribution in [0, 0.1) is 13.8 Å². The Hall–Kier alpha value is -2.83. The van der Waals surface area contributed by atoms with Gasteiger partial charge in [-0.2, -0.15) is 4.98 Å². The number of nitrogens with one attached hydrogen (secondary N) is 1. The lowest BCUT2D eigenvalue weighted by atomic mass is 9.98. The van der Waals surface area contributed by atoms with Gasteiger partial charge in [0.05, 0.1) is 5.69 Å². The summed E-state index contributed by atoms with van der Waals surface area (Å²) >= 11 is 0. The SMILES string of the molecule is CCc1oc2c(NC(=O)N3CCC[C@@H](c4noc(C)n4)C3)cccc2c1C. The molecule has 0 aliphatic carbocycles. The number of carbonyl (C=O) groups is 1. The minimum atomic E-state index is -0.125. The number of hydrogen-bond donors (Lipinski definition) is 1. The molecule has 1 atom stereocenters. The van der Waals surface area contributed by atoms with E-state index in [9.17, 15) is 4.79 Å². The number of piperidine rings is 1. The summed E-state index contributed by atoms with van der Waals surface area (Å²) in [5, 5.41) is 8.09. The molecular formula is C20H24N4O3. The summed E-state index contributed by atoms with van der Waals surface area (Å²) in [5.74, 6) is 2.30. The van der Waals surface area contributed by atoms with Crippen molar-refractivity contribution in [3.63, 3.8) is 0 Å². The summed E-state index contributed by atoms with van der Waals surface area (Å²) in [6.45, 7) is 7.19. The van der Waals surface area contributed by atoms with Crippen molar-refractivity contribution >= 4 is 22.7 Å². The molecule has 0 spiro atoms. The number of aryl methyl sites for hydroxylation is 3. The first-order chi connectivity index (χ1) is 13.1. The Kier molecular flexibility index (Phi) is 4.59. The highest BCUT2D eigenvalue weighted by atomic mass is 16.5. The minimum Gasteiger partial charge on any atom is -0.459 e. The van der Waals surface area contributed by atoms with E-state index in [2.05, 4.69) is 29.3 Å². The molecule has 2 amide bonds. The monoisotopic (exact) mass is 368 g/mol. The number of benzene rings is 1. The average Bonchev–Trinajstić information content (AvgIpc) is 3.26. The third kappa shape index (κ3) is 3.29. The van der Waals surface area contributed by atoms with Crippen LogP contribution in [0.2, 0.25) is 0 Å². The van der Waals surface area contributed by atoms with Gasteiger partial charge >= 0.3 is 6.03 Å². The maximum absolute atomic E-state index is 12.9. The van der Waals surface area contributed by atoms with Crippen LogP contribution in [0.15, 0.2) is 27.1 Å². The van der Waals surface area contributed by atoms with Gasteiger partial charge in [-0.3, -0.25) is 0 Å². The summed E-state index contributed by atoms with van der Waals surface area (Å²) in [7, 11) is 0. The summed E-state index contributed by atoms with van der Waals surface area (Å²) in [4.78, 5) is 19.0. The van der Waals surface area contributed by atoms with E-state index in [0.29, 0.717) is 30.5 Å². The largest absolute Gasteiger partial charge is 0.459 e. The van der Waals surface area contributed by atoms with Gasteiger partial charge in [-0.25, -0.2) is 4.79 Å². The number of aromatic nitrogens is 2. The number of para-hydroxylation sites is 1. The van der Waals surface area contributed by atoms with Crippen molar-refractivity contribution in [1.82, 2.24) is 15.0 Å². The van der Waals surface area contributed by atoms with E-state index in [0.717, 1.165) is 41.6 Å². The number of anilines is 1. The first-order valence-electron chi connectivity index (χ1n) is 9.44. The van der Waals surface area contributed by atoms with Crippen LogP contribution < -0.4 is 5.32 Å². The maximum Gasteiger partial charge on any atom is 0.321 e. The fraction of sp³-hybridized carbons (Fsp3) is 0.450. The molecule has 7 nitrogen and oxygen atoms in total. The van der Waals surface area contributed by atoms with Crippen LogP contribution in [0.5, 0.6) is 0 Å². The Morgan fingerprint density at radius 1 is 1.37 bits per heavy atom. The zero-order valence-electron chi connectivity index (χ0n) is 15.9. The molecule has 0 radical (unpaired) electrons. The quantitative estimate of drug-likeness (QED) is 0.740. The predicted octanol–water partition coefficient (Wildman–Crippen LogP) is 4.41. The molecule has 2 aromatic heterocycles. The summed E-state index contributed by atoms with van der Waals surface area (Å²) in [6.07, 6.45) is 2.69. The lowest BCUT2D eigenvalue weighted by Gasteiger charge is -2.31. The lowest BCUT2D eigenvalue weighted by Crippen LogP contribution is -2.41. The van der Waals surface area contributed by atoms with Crippen LogP contribution in [0.25, 0.3) is 11.0 Å². The van der Waals surface area contributed by atoms with Crippen LogP contribution in [0.1, 0.15) is 48.7 Å². The number of urea groups is 1. The predicted molar refractivity (Wildman–Crippen MR) is 102 cm³/mol. The molecule has 1 fully saturated rings. The summed E-state index contributed by atoms with van der Waals surface area (Å²) in [6, 6.07) is 5.73. The third-order valence-corrected chi connectivity index (χ3v) is 5.24. The molecule has 3 heterocycles. The average molecular weight is 368 g/mol. The number of nitrogens with zero attached hydrogens (tertiary/aromatic N) is 3. The van der Waals surface area contributed by atoms with E-state index in [1.807, 2.05) is 23.1 Å². The van der Waals surface area contributed by atoms with E-state index in [1.165, 1.54) is 0 Å². The number of fused-ring (bicyclic) bond motifs is 1. The fourth-order valence-corrected chi connectivity index (χ4v) is 3.78. The number of rotatable bonds is 3. The van der Waals surface area contributed by atoms with E-state index in [-0.39, 0.29) is 11.9 Å². The fourth-order valence-electron chi connectivity index (χ4n) is 3.78. The number of amides is 2. The van der Waals surface area contributed by atoms with Gasteiger partial charge in [-0.15, -0.1) is 0 Å². The summed E-state index contributed by atoms with van der Waals surface area (Å²) in [5.41, 5.74) is 2.58. The van der Waals surface area contributed by atoms with Crippen molar-refractivity contribution in [1.29, 1.82) is 0 Å². The minimum absolute atomic E-state index is 0.107. The molecule has 0 bridgehead atoms. The van der Waals surface area contributed by atoms with Gasteiger partial charge in [0.2, 0.25) is 5.89 Å². The topological polar surface area (TPSA) is 84.4 Å². The summed E-state index contributed by atoms with van der Waals surface area (Å²) < 4.78 is 11.1. The molecule has 0 saturated carbocycles. The molecular weight excluding hydrogens is 344 g/mol. The van der Waals surface area contributed by atoms with Crippen molar-refractivity contribution in [2.45, 2.75) is 46.0 Å². The highest BCUT2D eigenvalue weighted by Crippen LogP contribution is 2.32. The van der Waals surface area contributed by atoms with E-state index < -0.39 is 0 Å². The molecule has 7 heteroatoms. The first kappa shape index (κ1) is 17.6. The molecule has 27 heavy (non-hydrogen) atoms. The normalized spacial score (nSPS) is 17.4. The van der Waals surface area contributed by atoms with Crippen LogP contribution >= 0.6 is 0 Å². The van der Waals surface area contributed by atoms with E-state index >= 15 is 0 Å². The Morgan fingerprint density at radius 2 is 2.22 bits per heavy atom. The second-order valence-electron chi connectivity index (χ2n) is 7.07. The lowest BCUT2D eigenvalue weighted by molar-refractivity contribution is 0.190. The number of carbonyl (C=O) groups excluding carboxylic acids is 1. The van der Waals surface area contributed by atoms with E-state index in [4.69, 9.17) is 8.94 Å². The van der Waals surface area contributed by atoms with Gasteiger partial charge in [0.1, 0.15) is 5.76 Å². The zero-order chi connectivity index (χ0) is 19.0. The molecule has 1 N–H and O–H groups in total. The number of furan rings is 1. The zero-order valence-corrected chi connectivity index (χ0v) is 15.9. The van der Waals surface area contributed by atoms with Crippen LogP contribution in [0.4, 0.5) is 10.5 Å². The van der Waals surface area contributed by atoms with Crippen molar-refractivity contribution in [2.24, 2.45) is 0 Å². The Morgan fingerprint density at radius 3 is 2.96 bits per heavy atom. The number of likely N-dealkylation sites (tertiary alicyclic amines) is 1. The third-order valence-electron chi connectivity index (χ3n) is 5.24. The number of hydrogen-bond acceptors (Lipinski definition) is 5. The van der Waals surface area contributed by atoms with Crippen molar-refractivity contribution in [2.75, 3.05) is 18.4 Å². The molecule has 1 aliphatic rings. The Balaban J connectivity index is 1.53. The molecule has 1 aromatic carbocycles. The molecule has 1 aliphatic heterocycles. The maximum atomic E-state index is 12.9. The smallest absolute Gasteiger partial charge is 0.321 e. The Bertz CT molecular complexity index is 975. The first-order valence-corrected chi connectivity index (χ1v) is 9.44. The highest BCUT2D eigenvalue weighted by Gasteiger charge is 2.28. The second-order valence-corrected chi connectivity index (χ2v) is 7.07. The second kappa shape index (κ2) is 7.06.